The van der Waals surface area contributed by atoms with E-state index in [0.717, 1.165) is 12.5 Å². The molecule has 0 spiro atoms. The Morgan fingerprint density at radius 1 is 1.47 bits per heavy atom. The quantitative estimate of drug-likeness (QED) is 0.705. The van der Waals surface area contributed by atoms with E-state index in [1.807, 2.05) is 13.8 Å². The summed E-state index contributed by atoms with van der Waals surface area (Å²) in [5, 5.41) is 12.3. The first-order valence-corrected chi connectivity index (χ1v) is 6.01. The zero-order valence-electron chi connectivity index (χ0n) is 9.62. The fraction of sp³-hybridized carbons (Fsp3) is 0.917. The van der Waals surface area contributed by atoms with Crippen LogP contribution in [0.2, 0.25) is 0 Å². The van der Waals surface area contributed by atoms with Gasteiger partial charge in [0.05, 0.1) is 0 Å². The van der Waals surface area contributed by atoms with Crippen LogP contribution < -0.4 is 5.32 Å². The normalized spacial score (nSPS) is 25.3. The number of rotatable bonds is 6. The molecule has 1 unspecified atom stereocenters. The van der Waals surface area contributed by atoms with E-state index in [9.17, 15) is 4.79 Å². The first-order valence-electron chi connectivity index (χ1n) is 6.01. The summed E-state index contributed by atoms with van der Waals surface area (Å²) in [6.45, 7) is 4.83. The number of hydrogen-bond acceptors (Lipinski definition) is 2. The van der Waals surface area contributed by atoms with E-state index in [1.165, 1.54) is 25.7 Å². The number of carboxylic acids is 1. The molecule has 0 radical (unpaired) electrons. The van der Waals surface area contributed by atoms with Crippen molar-refractivity contribution in [3.63, 3.8) is 0 Å². The van der Waals surface area contributed by atoms with E-state index in [4.69, 9.17) is 5.11 Å². The fourth-order valence-electron chi connectivity index (χ4n) is 2.51. The highest BCUT2D eigenvalue weighted by molar-refractivity contribution is 5.73. The molecule has 0 amide bonds. The van der Waals surface area contributed by atoms with Crippen LogP contribution in [0.15, 0.2) is 0 Å². The third-order valence-electron chi connectivity index (χ3n) is 3.94. The van der Waals surface area contributed by atoms with Crippen molar-refractivity contribution in [1.29, 1.82) is 0 Å². The van der Waals surface area contributed by atoms with Gasteiger partial charge in [0.2, 0.25) is 0 Å². The van der Waals surface area contributed by atoms with Crippen LogP contribution >= 0.6 is 0 Å². The van der Waals surface area contributed by atoms with Crippen LogP contribution in [0.1, 0.15) is 39.5 Å². The molecule has 2 aliphatic rings. The van der Waals surface area contributed by atoms with Crippen LogP contribution in [0.5, 0.6) is 0 Å². The lowest BCUT2D eigenvalue weighted by molar-refractivity contribution is -0.140. The number of hydrogen-bond donors (Lipinski definition) is 2. The lowest BCUT2D eigenvalue weighted by Gasteiger charge is -2.22. The summed E-state index contributed by atoms with van der Waals surface area (Å²) >= 11 is 0. The van der Waals surface area contributed by atoms with Crippen LogP contribution in [0.3, 0.4) is 0 Å². The number of carbonyl (C=O) groups is 1. The van der Waals surface area contributed by atoms with E-state index in [0.29, 0.717) is 5.41 Å². The van der Waals surface area contributed by atoms with E-state index in [-0.39, 0.29) is 12.0 Å². The molecule has 0 aromatic rings. The topological polar surface area (TPSA) is 49.3 Å². The maximum Gasteiger partial charge on any atom is 0.320 e. The van der Waals surface area contributed by atoms with Gasteiger partial charge in [-0.3, -0.25) is 4.79 Å². The average Bonchev–Trinajstić information content (AvgIpc) is 2.99. The molecule has 2 saturated carbocycles. The van der Waals surface area contributed by atoms with Crippen LogP contribution in [-0.4, -0.2) is 23.7 Å². The zero-order chi connectivity index (χ0) is 11.1. The van der Waals surface area contributed by atoms with Crippen molar-refractivity contribution < 1.29 is 9.90 Å². The van der Waals surface area contributed by atoms with E-state index in [2.05, 4.69) is 5.32 Å². The monoisotopic (exact) mass is 211 g/mol. The largest absolute Gasteiger partial charge is 0.480 e. The summed E-state index contributed by atoms with van der Waals surface area (Å²) in [5.74, 6) is 0.348. The maximum atomic E-state index is 11.0. The minimum atomic E-state index is -0.711. The highest BCUT2D eigenvalue weighted by atomic mass is 16.4. The molecule has 0 aromatic carbocycles. The Morgan fingerprint density at radius 3 is 2.40 bits per heavy atom. The Hall–Kier alpha value is -0.570. The number of aliphatic carboxylic acids is 1. The zero-order valence-corrected chi connectivity index (χ0v) is 9.62. The van der Waals surface area contributed by atoms with Gasteiger partial charge in [-0.2, -0.15) is 0 Å². The minimum Gasteiger partial charge on any atom is -0.480 e. The van der Waals surface area contributed by atoms with Crippen molar-refractivity contribution in [3.05, 3.63) is 0 Å². The van der Waals surface area contributed by atoms with E-state index in [1.54, 1.807) is 0 Å². The van der Waals surface area contributed by atoms with Crippen LogP contribution in [0, 0.1) is 17.3 Å². The summed E-state index contributed by atoms with van der Waals surface area (Å²) in [4.78, 5) is 11.0. The molecule has 3 nitrogen and oxygen atoms in total. The van der Waals surface area contributed by atoms with Crippen molar-refractivity contribution in [2.45, 2.75) is 45.6 Å². The second-order valence-corrected chi connectivity index (χ2v) is 5.58. The minimum absolute atomic E-state index is 0.164. The summed E-state index contributed by atoms with van der Waals surface area (Å²) in [6, 6.07) is -0.374. The van der Waals surface area contributed by atoms with Gasteiger partial charge in [0, 0.05) is 6.54 Å². The summed E-state index contributed by atoms with van der Waals surface area (Å²) in [5.41, 5.74) is 0.489. The van der Waals surface area contributed by atoms with Gasteiger partial charge in [-0.05, 0) is 42.9 Å². The Kier molecular flexibility index (Phi) is 2.75. The molecule has 0 saturated heterocycles. The van der Waals surface area contributed by atoms with Crippen LogP contribution in [-0.2, 0) is 4.79 Å². The Bertz CT molecular complexity index is 254. The molecule has 0 aliphatic heterocycles. The molecule has 0 heterocycles. The van der Waals surface area contributed by atoms with Gasteiger partial charge in [-0.15, -0.1) is 0 Å². The third kappa shape index (κ3) is 2.33. The highest BCUT2D eigenvalue weighted by Crippen LogP contribution is 2.60. The van der Waals surface area contributed by atoms with Crippen molar-refractivity contribution >= 4 is 5.97 Å². The predicted octanol–water partition coefficient (Wildman–Crippen LogP) is 1.88. The number of carboxylic acid groups (broad SMARTS) is 1. The van der Waals surface area contributed by atoms with Crippen molar-refractivity contribution in [1.82, 2.24) is 5.32 Å². The van der Waals surface area contributed by atoms with Gasteiger partial charge < -0.3 is 10.4 Å². The molecule has 2 N–H and O–H groups in total. The molecular weight excluding hydrogens is 190 g/mol. The molecule has 2 rings (SSSR count). The standard InChI is InChI=1S/C12H21NO2/c1-8(2)10(11(14)15)13-7-12(5-6-12)9-3-4-9/h8-10,13H,3-7H2,1-2H3,(H,14,15). The van der Waals surface area contributed by atoms with Gasteiger partial charge in [0.25, 0.3) is 0 Å². The van der Waals surface area contributed by atoms with Gasteiger partial charge in [0.15, 0.2) is 0 Å². The first-order chi connectivity index (χ1) is 7.05. The Balaban J connectivity index is 1.82. The molecule has 2 fully saturated rings. The Labute approximate surface area is 91.2 Å². The van der Waals surface area contributed by atoms with Gasteiger partial charge >= 0.3 is 5.97 Å². The molecule has 86 valence electrons. The van der Waals surface area contributed by atoms with E-state index < -0.39 is 5.97 Å². The van der Waals surface area contributed by atoms with E-state index >= 15 is 0 Å². The van der Waals surface area contributed by atoms with Crippen LogP contribution in [0.25, 0.3) is 0 Å². The highest BCUT2D eigenvalue weighted by Gasteiger charge is 2.53. The second-order valence-electron chi connectivity index (χ2n) is 5.58. The molecular formula is C12H21NO2. The molecule has 15 heavy (non-hydrogen) atoms. The lowest BCUT2D eigenvalue weighted by Crippen LogP contribution is -2.43. The molecule has 0 bridgehead atoms. The smallest absolute Gasteiger partial charge is 0.320 e. The van der Waals surface area contributed by atoms with Gasteiger partial charge in [0.1, 0.15) is 6.04 Å². The third-order valence-corrected chi connectivity index (χ3v) is 3.94. The summed E-state index contributed by atoms with van der Waals surface area (Å²) in [7, 11) is 0. The predicted molar refractivity (Wildman–Crippen MR) is 58.7 cm³/mol. The van der Waals surface area contributed by atoms with Gasteiger partial charge in [-0.1, -0.05) is 13.8 Å². The summed E-state index contributed by atoms with van der Waals surface area (Å²) < 4.78 is 0. The molecule has 0 aromatic heterocycles. The summed E-state index contributed by atoms with van der Waals surface area (Å²) in [6.07, 6.45) is 5.33. The molecule has 2 aliphatic carbocycles. The molecule has 1 atom stereocenters. The van der Waals surface area contributed by atoms with Crippen LogP contribution in [0.4, 0.5) is 0 Å². The fourth-order valence-corrected chi connectivity index (χ4v) is 2.51. The Morgan fingerprint density at radius 2 is 2.07 bits per heavy atom. The maximum absolute atomic E-state index is 11.0. The average molecular weight is 211 g/mol. The van der Waals surface area contributed by atoms with Gasteiger partial charge in [-0.25, -0.2) is 0 Å². The van der Waals surface area contributed by atoms with Crippen molar-refractivity contribution in [3.8, 4) is 0 Å². The van der Waals surface area contributed by atoms with Crippen molar-refractivity contribution in [2.24, 2.45) is 17.3 Å². The lowest BCUT2D eigenvalue weighted by atomic mass is 9.98. The second kappa shape index (κ2) is 3.78. The first kappa shape index (κ1) is 10.9. The number of nitrogens with one attached hydrogen (secondary N) is 1. The van der Waals surface area contributed by atoms with Crippen molar-refractivity contribution in [2.75, 3.05) is 6.54 Å². The SMILES string of the molecule is CC(C)C(NCC1(C2CC2)CC1)C(=O)O. The molecule has 3 heteroatoms.